The third-order valence-corrected chi connectivity index (χ3v) is 4.63. The first-order valence-electron chi connectivity index (χ1n) is 7.33. The Labute approximate surface area is 156 Å². The number of nitro groups is 2. The van der Waals surface area contributed by atoms with Crippen LogP contribution in [0, 0.1) is 20.2 Å². The van der Waals surface area contributed by atoms with Gasteiger partial charge in [-0.3, -0.25) is 30.4 Å². The number of carbonyl (C=O) groups is 1. The maximum atomic E-state index is 12.1. The number of carbonyl (C=O) groups excluding carboxylic acids is 1. The maximum Gasteiger partial charge on any atom is 0.300 e. The molecule has 3 rings (SSSR count). The topological polar surface area (TPSA) is 200 Å². The van der Waals surface area contributed by atoms with Crippen molar-refractivity contribution in [2.75, 3.05) is 10.7 Å². The molecule has 1 amide bonds. The number of hydrazone groups is 1. The number of rotatable bonds is 5. The summed E-state index contributed by atoms with van der Waals surface area (Å²) in [5, 5.41) is 33.3. The summed E-state index contributed by atoms with van der Waals surface area (Å²) in [4.78, 5) is 32.5. The van der Waals surface area contributed by atoms with Crippen molar-refractivity contribution >= 4 is 44.4 Å². The van der Waals surface area contributed by atoms with Gasteiger partial charge in [-0.15, -0.1) is 0 Å². The number of hydrogen-bond donors (Lipinski definition) is 3. The molecule has 0 aromatic heterocycles. The van der Waals surface area contributed by atoms with Crippen molar-refractivity contribution in [1.29, 1.82) is 0 Å². The molecule has 0 aliphatic carbocycles. The molecule has 2 aromatic rings. The van der Waals surface area contributed by atoms with Crippen molar-refractivity contribution in [3.05, 3.63) is 62.2 Å². The zero-order valence-electron chi connectivity index (χ0n) is 13.6. The summed E-state index contributed by atoms with van der Waals surface area (Å²) < 4.78 is 22.5. The molecule has 0 saturated carbocycles. The van der Waals surface area contributed by atoms with Crippen LogP contribution >= 0.6 is 0 Å². The number of nitrogens with zero attached hydrogens (tertiary/aromatic N) is 3. The van der Waals surface area contributed by atoms with Crippen LogP contribution in [0.1, 0.15) is 5.56 Å². The van der Waals surface area contributed by atoms with E-state index < -0.39 is 37.2 Å². The molecule has 1 aliphatic rings. The van der Waals surface area contributed by atoms with Crippen LogP contribution in [0.25, 0.3) is 0 Å². The number of amides is 1. The highest BCUT2D eigenvalue weighted by Gasteiger charge is 2.35. The summed E-state index contributed by atoms with van der Waals surface area (Å²) in [7, 11) is -3.88. The van der Waals surface area contributed by atoms with Gasteiger partial charge < -0.3 is 5.32 Å². The first kappa shape index (κ1) is 18.9. The Bertz CT molecular complexity index is 1160. The number of primary sulfonamides is 1. The monoisotopic (exact) mass is 406 g/mol. The number of nitrogens with two attached hydrogens (primary N) is 1. The van der Waals surface area contributed by atoms with Gasteiger partial charge in [0.1, 0.15) is 5.69 Å². The van der Waals surface area contributed by atoms with Gasteiger partial charge in [-0.2, -0.15) is 5.10 Å². The Kier molecular flexibility index (Phi) is 4.50. The first-order valence-corrected chi connectivity index (χ1v) is 8.87. The third-order valence-electron chi connectivity index (χ3n) is 3.70. The highest BCUT2D eigenvalue weighted by Crippen LogP contribution is 2.37. The van der Waals surface area contributed by atoms with Crippen LogP contribution in [0.15, 0.2) is 46.4 Å². The van der Waals surface area contributed by atoms with Gasteiger partial charge in [0.2, 0.25) is 10.0 Å². The molecule has 0 spiro atoms. The Balaban J connectivity index is 2.00. The van der Waals surface area contributed by atoms with Gasteiger partial charge in [0.15, 0.2) is 5.71 Å². The smallest absolute Gasteiger partial charge is 0.300 e. The lowest BCUT2D eigenvalue weighted by Crippen LogP contribution is -2.16. The molecule has 144 valence electrons. The molecular formula is C14H10N6O7S. The predicted molar refractivity (Wildman–Crippen MR) is 96.4 cm³/mol. The van der Waals surface area contributed by atoms with Gasteiger partial charge in [-0.1, -0.05) is 0 Å². The van der Waals surface area contributed by atoms with E-state index in [1.54, 1.807) is 0 Å². The predicted octanol–water partition coefficient (Wildman–Crippen LogP) is 0.919. The van der Waals surface area contributed by atoms with E-state index in [0.717, 1.165) is 12.1 Å². The summed E-state index contributed by atoms with van der Waals surface area (Å²) in [5.74, 6) is -0.799. The molecule has 1 heterocycles. The van der Waals surface area contributed by atoms with Crippen LogP contribution < -0.4 is 15.9 Å². The molecule has 4 N–H and O–H groups in total. The first-order chi connectivity index (χ1) is 13.1. The van der Waals surface area contributed by atoms with E-state index in [4.69, 9.17) is 5.14 Å². The lowest BCUT2D eigenvalue weighted by Gasteiger charge is -2.03. The second-order valence-electron chi connectivity index (χ2n) is 5.50. The van der Waals surface area contributed by atoms with E-state index in [1.807, 2.05) is 0 Å². The minimum atomic E-state index is -3.88. The zero-order chi connectivity index (χ0) is 20.6. The van der Waals surface area contributed by atoms with E-state index in [1.165, 1.54) is 24.3 Å². The maximum absolute atomic E-state index is 12.1. The molecule has 0 fully saturated rings. The van der Waals surface area contributed by atoms with Gasteiger partial charge in [0.25, 0.3) is 17.3 Å². The zero-order valence-corrected chi connectivity index (χ0v) is 14.5. The number of hydrogen-bond acceptors (Lipinski definition) is 9. The normalized spacial score (nSPS) is 14.5. The lowest BCUT2D eigenvalue weighted by molar-refractivity contribution is -0.393. The number of non-ortho nitro benzene ring substituents is 1. The van der Waals surface area contributed by atoms with Crippen molar-refractivity contribution in [3.8, 4) is 0 Å². The molecular weight excluding hydrogens is 396 g/mol. The number of sulfonamides is 1. The van der Waals surface area contributed by atoms with E-state index >= 15 is 0 Å². The molecule has 2 aromatic carbocycles. The van der Waals surface area contributed by atoms with Gasteiger partial charge in [-0.05, 0) is 24.3 Å². The summed E-state index contributed by atoms with van der Waals surface area (Å²) in [6, 6.07) is 6.79. The van der Waals surface area contributed by atoms with Crippen LogP contribution in [-0.4, -0.2) is 29.9 Å². The van der Waals surface area contributed by atoms with Crippen molar-refractivity contribution in [2.24, 2.45) is 10.2 Å². The third kappa shape index (κ3) is 3.49. The van der Waals surface area contributed by atoms with E-state index in [0.29, 0.717) is 0 Å². The van der Waals surface area contributed by atoms with E-state index in [2.05, 4.69) is 15.8 Å². The average Bonchev–Trinajstić information content (AvgIpc) is 2.93. The minimum absolute atomic E-state index is 0.112. The summed E-state index contributed by atoms with van der Waals surface area (Å²) in [6.07, 6.45) is 0. The molecule has 28 heavy (non-hydrogen) atoms. The number of nitro benzene ring substituents is 2. The van der Waals surface area contributed by atoms with E-state index in [9.17, 15) is 33.4 Å². The minimum Gasteiger partial charge on any atom is -0.314 e. The van der Waals surface area contributed by atoms with Crippen LogP contribution in [0.4, 0.5) is 22.7 Å². The summed E-state index contributed by atoms with van der Waals surface area (Å²) in [6.45, 7) is 0. The van der Waals surface area contributed by atoms with Crippen molar-refractivity contribution in [2.45, 2.75) is 4.90 Å². The molecule has 1 aliphatic heterocycles. The van der Waals surface area contributed by atoms with E-state index in [-0.39, 0.29) is 27.5 Å². The number of fused-ring (bicyclic) bond motifs is 1. The van der Waals surface area contributed by atoms with Gasteiger partial charge >= 0.3 is 0 Å². The van der Waals surface area contributed by atoms with Gasteiger partial charge in [-0.25, -0.2) is 13.6 Å². The van der Waals surface area contributed by atoms with Crippen molar-refractivity contribution < 1.29 is 23.1 Å². The quantitative estimate of drug-likeness (QED) is 0.480. The summed E-state index contributed by atoms with van der Waals surface area (Å²) in [5.41, 5.74) is 0.927. The fraction of sp³-hybridized carbons (Fsp3) is 0. The largest absolute Gasteiger partial charge is 0.314 e. The van der Waals surface area contributed by atoms with Gasteiger partial charge in [0, 0.05) is 11.6 Å². The lowest BCUT2D eigenvalue weighted by atomic mass is 10.1. The number of anilines is 2. The SMILES string of the molecule is NS(=O)(=O)c1ccc(NN=C2C(=O)Nc3c2cc([N+](=O)[O-])cc3[N+](=O)[O-])cc1. The number of nitrogens with one attached hydrogen (secondary N) is 2. The van der Waals surface area contributed by atoms with Crippen LogP contribution in [0.3, 0.4) is 0 Å². The molecule has 0 unspecified atom stereocenters. The highest BCUT2D eigenvalue weighted by molar-refractivity contribution is 7.89. The Morgan fingerprint density at radius 3 is 2.25 bits per heavy atom. The second kappa shape index (κ2) is 6.67. The fourth-order valence-corrected chi connectivity index (χ4v) is 2.94. The van der Waals surface area contributed by atoms with Crippen LogP contribution in [0.2, 0.25) is 0 Å². The Morgan fingerprint density at radius 2 is 1.71 bits per heavy atom. The average molecular weight is 406 g/mol. The number of benzene rings is 2. The van der Waals surface area contributed by atoms with Crippen LogP contribution in [0.5, 0.6) is 0 Å². The molecule has 0 radical (unpaired) electrons. The van der Waals surface area contributed by atoms with Crippen molar-refractivity contribution in [1.82, 2.24) is 0 Å². The molecule has 14 heteroatoms. The second-order valence-corrected chi connectivity index (χ2v) is 7.06. The Hall–Kier alpha value is -3.91. The van der Waals surface area contributed by atoms with Crippen LogP contribution in [-0.2, 0) is 14.8 Å². The molecule has 13 nitrogen and oxygen atoms in total. The van der Waals surface area contributed by atoms with Crippen molar-refractivity contribution in [3.63, 3.8) is 0 Å². The highest BCUT2D eigenvalue weighted by atomic mass is 32.2. The molecule has 0 saturated heterocycles. The Morgan fingerprint density at radius 1 is 1.07 bits per heavy atom. The molecule has 0 bridgehead atoms. The summed E-state index contributed by atoms with van der Waals surface area (Å²) >= 11 is 0. The molecule has 0 atom stereocenters. The standard InChI is InChI=1S/C14H10N6O7S/c15-28(26,27)9-3-1-7(2-4-9)17-18-13-10-5-8(19(22)23)6-11(20(24)25)12(10)16-14(13)21/h1-6,17H,(H2,15,26,27)(H,16,18,21). The van der Waals surface area contributed by atoms with Gasteiger partial charge in [0.05, 0.1) is 26.5 Å². The fourth-order valence-electron chi connectivity index (χ4n) is 2.43.